The van der Waals surface area contributed by atoms with Gasteiger partial charge in [0.2, 0.25) is 4.96 Å². The largest absolute Gasteiger partial charge is 0.422 e. The van der Waals surface area contributed by atoms with Crippen LogP contribution in [0.3, 0.4) is 0 Å². The third kappa shape index (κ3) is 3.64. The fourth-order valence-corrected chi connectivity index (χ4v) is 4.44. The van der Waals surface area contributed by atoms with Gasteiger partial charge in [-0.25, -0.2) is 4.79 Å². The molecule has 172 valence electrons. The highest BCUT2D eigenvalue weighted by Gasteiger charge is 2.21. The number of nitrogens with zero attached hydrogens (tertiary/aromatic N) is 7. The molecule has 2 aromatic carbocycles. The Morgan fingerprint density at radius 3 is 2.69 bits per heavy atom. The van der Waals surface area contributed by atoms with Crippen LogP contribution in [0.4, 0.5) is 11.4 Å². The van der Waals surface area contributed by atoms with Gasteiger partial charge in [-0.15, -0.1) is 15.3 Å². The summed E-state index contributed by atoms with van der Waals surface area (Å²) in [4.78, 5) is 26.0. The maximum atomic E-state index is 13.1. The summed E-state index contributed by atoms with van der Waals surface area (Å²) in [7, 11) is 0. The van der Waals surface area contributed by atoms with Crippen molar-refractivity contribution in [3.05, 3.63) is 86.1 Å². The second-order valence-electron chi connectivity index (χ2n) is 7.49. The highest BCUT2D eigenvalue weighted by molar-refractivity contribution is 7.19. The van der Waals surface area contributed by atoms with Crippen molar-refractivity contribution in [2.45, 2.75) is 6.92 Å². The lowest BCUT2D eigenvalue weighted by molar-refractivity contribution is 0.563. The molecule has 4 heterocycles. The zero-order valence-corrected chi connectivity index (χ0v) is 19.4. The minimum atomic E-state index is -0.520. The van der Waals surface area contributed by atoms with Crippen molar-refractivity contribution in [3.8, 4) is 16.5 Å². The molecule has 0 aliphatic rings. The maximum absolute atomic E-state index is 13.1. The molecule has 0 amide bonds. The average molecular weight is 505 g/mol. The highest BCUT2D eigenvalue weighted by Crippen LogP contribution is 2.27. The van der Waals surface area contributed by atoms with Crippen LogP contribution in [0, 0.1) is 6.92 Å². The van der Waals surface area contributed by atoms with Gasteiger partial charge in [-0.2, -0.15) is 19.4 Å². The molecule has 35 heavy (non-hydrogen) atoms. The van der Waals surface area contributed by atoms with E-state index >= 15 is 0 Å². The van der Waals surface area contributed by atoms with Gasteiger partial charge >= 0.3 is 11.2 Å². The standard InChI is InChI=1S/C22H13ClN8O3S/c1-11-17(25-24-14-8-6-13(23)7-9-14)19(32)30(28-11)21-26-27-22-31(21)29-18(35-22)15-10-12-4-2-3-5-16(12)34-20(15)33/h2-10,28H,1H3. The number of halogens is 1. The van der Waals surface area contributed by atoms with E-state index in [9.17, 15) is 9.59 Å². The maximum Gasteiger partial charge on any atom is 0.346 e. The van der Waals surface area contributed by atoms with Crippen LogP contribution in [-0.4, -0.2) is 29.6 Å². The van der Waals surface area contributed by atoms with Gasteiger partial charge < -0.3 is 4.42 Å². The molecule has 0 saturated carbocycles. The lowest BCUT2D eigenvalue weighted by atomic mass is 10.2. The number of aryl methyl sites for hydroxylation is 1. The molecule has 0 aliphatic heterocycles. The highest BCUT2D eigenvalue weighted by atomic mass is 35.5. The monoisotopic (exact) mass is 504 g/mol. The van der Waals surface area contributed by atoms with Crippen molar-refractivity contribution in [1.29, 1.82) is 0 Å². The van der Waals surface area contributed by atoms with E-state index in [-0.39, 0.29) is 17.2 Å². The number of hydrogen-bond acceptors (Lipinski definition) is 9. The Bertz CT molecular complexity index is 1880. The van der Waals surface area contributed by atoms with Crippen LogP contribution in [0.5, 0.6) is 0 Å². The van der Waals surface area contributed by atoms with Crippen LogP contribution < -0.4 is 11.2 Å². The number of rotatable bonds is 4. The summed E-state index contributed by atoms with van der Waals surface area (Å²) in [6.45, 7) is 1.69. The second-order valence-corrected chi connectivity index (χ2v) is 8.88. The van der Waals surface area contributed by atoms with Gasteiger partial charge in [-0.1, -0.05) is 41.1 Å². The summed E-state index contributed by atoms with van der Waals surface area (Å²) in [5.74, 6) is 0.119. The van der Waals surface area contributed by atoms with Gasteiger partial charge in [0.05, 0.1) is 16.9 Å². The van der Waals surface area contributed by atoms with Gasteiger partial charge in [0.15, 0.2) is 10.7 Å². The Labute approximate surface area is 203 Å². The quantitative estimate of drug-likeness (QED) is 0.270. The molecule has 0 saturated heterocycles. The number of aromatic nitrogens is 6. The third-order valence-electron chi connectivity index (χ3n) is 5.18. The lowest BCUT2D eigenvalue weighted by Gasteiger charge is -1.98. The SMILES string of the molecule is Cc1[nH]n(-c2nnc3sc(-c4cc5ccccc5oc4=O)nn23)c(=O)c1N=Nc1ccc(Cl)cc1. The lowest BCUT2D eigenvalue weighted by Crippen LogP contribution is -2.17. The van der Waals surface area contributed by atoms with Crippen molar-refractivity contribution in [2.75, 3.05) is 0 Å². The third-order valence-corrected chi connectivity index (χ3v) is 6.36. The van der Waals surface area contributed by atoms with Crippen molar-refractivity contribution in [1.82, 2.24) is 29.6 Å². The van der Waals surface area contributed by atoms with Crippen LogP contribution in [0.25, 0.3) is 32.4 Å². The topological polar surface area (TPSA) is 136 Å². The van der Waals surface area contributed by atoms with Crippen molar-refractivity contribution >= 4 is 50.2 Å². The molecule has 0 atom stereocenters. The summed E-state index contributed by atoms with van der Waals surface area (Å²) in [6, 6.07) is 15.7. The molecule has 0 unspecified atom stereocenters. The molecule has 4 aromatic heterocycles. The summed E-state index contributed by atoms with van der Waals surface area (Å²) in [5, 5.41) is 25.5. The van der Waals surface area contributed by atoms with E-state index in [4.69, 9.17) is 16.0 Å². The molecule has 0 fully saturated rings. The van der Waals surface area contributed by atoms with E-state index in [1.165, 1.54) is 9.20 Å². The molecule has 13 heteroatoms. The van der Waals surface area contributed by atoms with Gasteiger partial charge in [0.1, 0.15) is 5.58 Å². The molecule has 11 nitrogen and oxygen atoms in total. The minimum Gasteiger partial charge on any atom is -0.422 e. The van der Waals surface area contributed by atoms with E-state index in [0.29, 0.717) is 32.0 Å². The molecule has 6 aromatic rings. The predicted octanol–water partition coefficient (Wildman–Crippen LogP) is 4.82. The number of nitrogens with one attached hydrogen (secondary N) is 1. The number of para-hydroxylation sites is 1. The van der Waals surface area contributed by atoms with Crippen molar-refractivity contribution < 1.29 is 4.42 Å². The summed E-state index contributed by atoms with van der Waals surface area (Å²) in [6.07, 6.45) is 0. The minimum absolute atomic E-state index is 0.113. The fourth-order valence-electron chi connectivity index (χ4n) is 3.48. The Morgan fingerprint density at radius 2 is 1.86 bits per heavy atom. The van der Waals surface area contributed by atoms with Crippen LogP contribution in [0.1, 0.15) is 5.69 Å². The molecule has 0 spiro atoms. The number of H-pyrrole nitrogens is 1. The fraction of sp³-hybridized carbons (Fsp3) is 0.0455. The van der Waals surface area contributed by atoms with E-state index in [1.54, 1.807) is 49.4 Å². The molecule has 0 aliphatic carbocycles. The first-order valence-corrected chi connectivity index (χ1v) is 11.4. The molecule has 0 radical (unpaired) electrons. The molecule has 0 bridgehead atoms. The first-order chi connectivity index (χ1) is 17.0. The van der Waals surface area contributed by atoms with Crippen LogP contribution >= 0.6 is 22.9 Å². The smallest absolute Gasteiger partial charge is 0.346 e. The van der Waals surface area contributed by atoms with Gasteiger partial charge in [-0.05, 0) is 43.3 Å². The number of fused-ring (bicyclic) bond motifs is 2. The Hall–Kier alpha value is -4.42. The van der Waals surface area contributed by atoms with Crippen LogP contribution in [0.2, 0.25) is 5.02 Å². The van der Waals surface area contributed by atoms with Gasteiger partial charge in [-0.3, -0.25) is 9.89 Å². The predicted molar refractivity (Wildman–Crippen MR) is 130 cm³/mol. The molecule has 6 rings (SSSR count). The van der Waals surface area contributed by atoms with Crippen LogP contribution in [0.15, 0.2) is 78.8 Å². The molecular weight excluding hydrogens is 492 g/mol. The summed E-state index contributed by atoms with van der Waals surface area (Å²) in [5.41, 5.74) is 0.917. The molecular formula is C22H13ClN8O3S. The van der Waals surface area contributed by atoms with Gasteiger partial charge in [0.25, 0.3) is 5.95 Å². The Morgan fingerprint density at radius 1 is 1.06 bits per heavy atom. The van der Waals surface area contributed by atoms with Crippen molar-refractivity contribution in [2.24, 2.45) is 10.2 Å². The normalized spacial score (nSPS) is 11.8. The van der Waals surface area contributed by atoms with E-state index in [1.807, 2.05) is 12.1 Å². The number of benzene rings is 2. The second kappa shape index (κ2) is 8.11. The Kier molecular flexibility index (Phi) is 4.90. The first-order valence-electron chi connectivity index (χ1n) is 10.2. The summed E-state index contributed by atoms with van der Waals surface area (Å²) >= 11 is 7.04. The van der Waals surface area contributed by atoms with Crippen molar-refractivity contribution in [3.63, 3.8) is 0 Å². The first kappa shape index (κ1) is 21.1. The van der Waals surface area contributed by atoms with E-state index < -0.39 is 11.2 Å². The van der Waals surface area contributed by atoms with E-state index in [0.717, 1.165) is 16.7 Å². The number of aromatic amines is 1. The van der Waals surface area contributed by atoms with Gasteiger partial charge in [0, 0.05) is 10.4 Å². The number of azo groups is 1. The van der Waals surface area contributed by atoms with Crippen LogP contribution in [-0.2, 0) is 0 Å². The zero-order valence-electron chi connectivity index (χ0n) is 17.8. The summed E-state index contributed by atoms with van der Waals surface area (Å²) < 4.78 is 7.98. The van der Waals surface area contributed by atoms with E-state index in [2.05, 4.69) is 30.6 Å². The molecule has 1 N–H and O–H groups in total. The number of hydrogen-bond donors (Lipinski definition) is 1. The zero-order chi connectivity index (χ0) is 24.1. The Balaban J connectivity index is 1.41. The average Bonchev–Trinajstić information content (AvgIpc) is 3.51.